The molecular formula is C21H22N2O3. The van der Waals surface area contributed by atoms with Crippen LogP contribution in [0, 0.1) is 0 Å². The highest BCUT2D eigenvalue weighted by atomic mass is 16.2. The topological polar surface area (TPSA) is 66.5 Å². The Hall–Kier alpha value is -2.95. The summed E-state index contributed by atoms with van der Waals surface area (Å²) in [7, 11) is 0. The van der Waals surface area contributed by atoms with Gasteiger partial charge in [0, 0.05) is 6.54 Å². The van der Waals surface area contributed by atoms with Crippen molar-refractivity contribution in [3.8, 4) is 0 Å². The Morgan fingerprint density at radius 3 is 1.96 bits per heavy atom. The van der Waals surface area contributed by atoms with Gasteiger partial charge < -0.3 is 5.32 Å². The summed E-state index contributed by atoms with van der Waals surface area (Å²) in [5.74, 6) is -0.746. The minimum absolute atomic E-state index is 0.349. The Bertz CT molecular complexity index is 821. The summed E-state index contributed by atoms with van der Waals surface area (Å²) in [6, 6.07) is 13.8. The first-order valence-corrected chi connectivity index (χ1v) is 8.73. The molecule has 0 saturated carbocycles. The first-order valence-electron chi connectivity index (χ1n) is 8.73. The van der Waals surface area contributed by atoms with E-state index in [1.54, 1.807) is 31.2 Å². The van der Waals surface area contributed by atoms with E-state index in [1.807, 2.05) is 24.3 Å². The number of imide groups is 1. The smallest absolute Gasteiger partial charge is 0.262 e. The van der Waals surface area contributed by atoms with Gasteiger partial charge in [-0.05, 0) is 36.1 Å². The van der Waals surface area contributed by atoms with Gasteiger partial charge in [0.15, 0.2) is 0 Å². The van der Waals surface area contributed by atoms with Crippen LogP contribution in [0.25, 0.3) is 0 Å². The maximum Gasteiger partial charge on any atom is 0.262 e. The second kappa shape index (κ2) is 7.12. The maximum atomic E-state index is 12.5. The summed E-state index contributed by atoms with van der Waals surface area (Å²) >= 11 is 0. The van der Waals surface area contributed by atoms with Gasteiger partial charge in [-0.15, -0.1) is 0 Å². The Kier molecular flexibility index (Phi) is 4.89. The van der Waals surface area contributed by atoms with Crippen LogP contribution >= 0.6 is 0 Å². The van der Waals surface area contributed by atoms with E-state index in [-0.39, 0.29) is 5.91 Å². The molecule has 5 nitrogen and oxygen atoms in total. The van der Waals surface area contributed by atoms with Crippen molar-refractivity contribution in [2.75, 3.05) is 0 Å². The monoisotopic (exact) mass is 350 g/mol. The lowest BCUT2D eigenvalue weighted by Gasteiger charge is -2.21. The summed E-state index contributed by atoms with van der Waals surface area (Å²) in [4.78, 5) is 38.4. The lowest BCUT2D eigenvalue weighted by molar-refractivity contribution is -0.124. The number of hydrogen-bond acceptors (Lipinski definition) is 3. The van der Waals surface area contributed by atoms with Crippen molar-refractivity contribution in [2.24, 2.45) is 0 Å². The number of amides is 3. The number of fused-ring (bicyclic) bond motifs is 1. The van der Waals surface area contributed by atoms with Gasteiger partial charge in [-0.1, -0.05) is 50.2 Å². The second-order valence-electron chi connectivity index (χ2n) is 6.82. The van der Waals surface area contributed by atoms with Crippen molar-refractivity contribution in [3.63, 3.8) is 0 Å². The Labute approximate surface area is 153 Å². The van der Waals surface area contributed by atoms with E-state index in [4.69, 9.17) is 0 Å². The Morgan fingerprint density at radius 1 is 0.923 bits per heavy atom. The highest BCUT2D eigenvalue weighted by molar-refractivity contribution is 6.22. The number of hydrogen-bond donors (Lipinski definition) is 1. The van der Waals surface area contributed by atoms with Gasteiger partial charge in [-0.25, -0.2) is 0 Å². The molecule has 0 spiro atoms. The zero-order valence-electron chi connectivity index (χ0n) is 15.2. The van der Waals surface area contributed by atoms with E-state index in [2.05, 4.69) is 19.2 Å². The third-order valence-corrected chi connectivity index (χ3v) is 4.71. The lowest BCUT2D eigenvalue weighted by atomic mass is 10.0. The van der Waals surface area contributed by atoms with E-state index < -0.39 is 17.9 Å². The normalized spacial score (nSPS) is 14.5. The van der Waals surface area contributed by atoms with Crippen LogP contribution in [0.15, 0.2) is 48.5 Å². The highest BCUT2D eigenvalue weighted by Crippen LogP contribution is 2.24. The van der Waals surface area contributed by atoms with Crippen LogP contribution in [0.2, 0.25) is 0 Å². The fourth-order valence-corrected chi connectivity index (χ4v) is 3.03. The van der Waals surface area contributed by atoms with E-state index in [0.717, 1.165) is 10.5 Å². The zero-order chi connectivity index (χ0) is 18.8. The average Bonchev–Trinajstić information content (AvgIpc) is 2.90. The number of nitrogens with zero attached hydrogens (tertiary/aromatic N) is 1. The molecule has 5 heteroatoms. The van der Waals surface area contributed by atoms with Crippen LogP contribution in [-0.2, 0) is 11.3 Å². The molecule has 1 aliphatic heterocycles. The molecule has 1 aliphatic rings. The van der Waals surface area contributed by atoms with Crippen molar-refractivity contribution in [2.45, 2.75) is 39.3 Å². The van der Waals surface area contributed by atoms with Crippen molar-refractivity contribution in [1.82, 2.24) is 10.2 Å². The number of carbonyl (C=O) groups excluding carboxylic acids is 3. The number of carbonyl (C=O) groups is 3. The molecule has 1 N–H and O–H groups in total. The Balaban J connectivity index is 1.65. The van der Waals surface area contributed by atoms with Crippen LogP contribution in [0.1, 0.15) is 58.5 Å². The van der Waals surface area contributed by atoms with E-state index in [1.165, 1.54) is 5.56 Å². The quantitative estimate of drug-likeness (QED) is 0.843. The summed E-state index contributed by atoms with van der Waals surface area (Å²) in [5, 5.41) is 2.81. The summed E-state index contributed by atoms with van der Waals surface area (Å²) in [5.41, 5.74) is 2.90. The number of benzene rings is 2. The standard InChI is InChI=1S/C21H22N2O3/c1-13(2)16-10-8-15(9-11-16)12-22-19(24)14(3)23-20(25)17-6-4-5-7-18(17)21(23)26/h4-11,13-14H,12H2,1-3H3,(H,22,24)/t14-/m0/s1. The van der Waals surface area contributed by atoms with Crippen LogP contribution < -0.4 is 5.32 Å². The molecule has 0 unspecified atom stereocenters. The van der Waals surface area contributed by atoms with Crippen molar-refractivity contribution in [3.05, 3.63) is 70.8 Å². The molecular weight excluding hydrogens is 328 g/mol. The van der Waals surface area contributed by atoms with Crippen LogP contribution in [-0.4, -0.2) is 28.7 Å². The molecule has 0 bridgehead atoms. The molecule has 3 rings (SSSR count). The van der Waals surface area contributed by atoms with Crippen LogP contribution in [0.4, 0.5) is 0 Å². The highest BCUT2D eigenvalue weighted by Gasteiger charge is 2.40. The fraction of sp³-hybridized carbons (Fsp3) is 0.286. The number of rotatable bonds is 5. The molecule has 2 aromatic carbocycles. The van der Waals surface area contributed by atoms with E-state index >= 15 is 0 Å². The molecule has 26 heavy (non-hydrogen) atoms. The van der Waals surface area contributed by atoms with Crippen molar-refractivity contribution < 1.29 is 14.4 Å². The molecule has 0 aliphatic carbocycles. The predicted molar refractivity (Wildman–Crippen MR) is 98.8 cm³/mol. The molecule has 0 radical (unpaired) electrons. The third-order valence-electron chi connectivity index (χ3n) is 4.71. The number of nitrogens with one attached hydrogen (secondary N) is 1. The molecule has 1 atom stereocenters. The van der Waals surface area contributed by atoms with Crippen LogP contribution in [0.3, 0.4) is 0 Å². The van der Waals surface area contributed by atoms with Gasteiger partial charge in [0.25, 0.3) is 11.8 Å². The van der Waals surface area contributed by atoms with Gasteiger partial charge in [0.1, 0.15) is 6.04 Å². The van der Waals surface area contributed by atoms with Gasteiger partial charge in [-0.2, -0.15) is 0 Å². The van der Waals surface area contributed by atoms with Crippen molar-refractivity contribution >= 4 is 17.7 Å². The summed E-state index contributed by atoms with van der Waals surface area (Å²) in [6.45, 7) is 6.17. The molecule has 3 amide bonds. The fourth-order valence-electron chi connectivity index (χ4n) is 3.03. The van der Waals surface area contributed by atoms with Gasteiger partial charge in [0.2, 0.25) is 5.91 Å². The second-order valence-corrected chi connectivity index (χ2v) is 6.82. The Morgan fingerprint density at radius 2 is 1.46 bits per heavy atom. The minimum Gasteiger partial charge on any atom is -0.350 e. The first kappa shape index (κ1) is 17.9. The third kappa shape index (κ3) is 3.25. The largest absolute Gasteiger partial charge is 0.350 e. The summed E-state index contributed by atoms with van der Waals surface area (Å²) in [6.07, 6.45) is 0. The molecule has 2 aromatic rings. The van der Waals surface area contributed by atoms with E-state index in [9.17, 15) is 14.4 Å². The van der Waals surface area contributed by atoms with E-state index in [0.29, 0.717) is 23.6 Å². The predicted octanol–water partition coefficient (Wildman–Crippen LogP) is 3.11. The van der Waals surface area contributed by atoms with Crippen molar-refractivity contribution in [1.29, 1.82) is 0 Å². The molecule has 1 heterocycles. The van der Waals surface area contributed by atoms with Gasteiger partial charge in [0.05, 0.1) is 11.1 Å². The molecule has 0 aromatic heterocycles. The van der Waals surface area contributed by atoms with Gasteiger partial charge >= 0.3 is 0 Å². The van der Waals surface area contributed by atoms with Gasteiger partial charge in [-0.3, -0.25) is 19.3 Å². The lowest BCUT2D eigenvalue weighted by Crippen LogP contribution is -2.47. The molecule has 134 valence electrons. The zero-order valence-corrected chi connectivity index (χ0v) is 15.2. The summed E-state index contributed by atoms with van der Waals surface area (Å²) < 4.78 is 0. The average molecular weight is 350 g/mol. The maximum absolute atomic E-state index is 12.5. The molecule has 0 saturated heterocycles. The SMILES string of the molecule is CC(C)c1ccc(CNC(=O)[C@H](C)N2C(=O)c3ccccc3C2=O)cc1. The van der Waals surface area contributed by atoms with Crippen LogP contribution in [0.5, 0.6) is 0 Å². The minimum atomic E-state index is -0.864. The first-order chi connectivity index (χ1) is 12.4. The molecule has 0 fully saturated rings.